The molecule has 2 aromatic rings. The van der Waals surface area contributed by atoms with Crippen LogP contribution in [0.5, 0.6) is 0 Å². The molecule has 0 aromatic heterocycles. The van der Waals surface area contributed by atoms with Crippen LogP contribution in [0.1, 0.15) is 25.3 Å². The minimum Gasteiger partial charge on any atom is -0.443 e. The lowest BCUT2D eigenvalue weighted by Gasteiger charge is -2.39. The SMILES string of the molecule is CC(=O)NSCC1CN(c2ccc(N3CCC(C#N)(Nc4ccc(C#N)cc4)CC3)c(F)c2)C(=O)O1. The Morgan fingerprint density at radius 1 is 1.22 bits per heavy atom. The van der Waals surface area contributed by atoms with Gasteiger partial charge in [0.1, 0.15) is 17.5 Å². The van der Waals surface area contributed by atoms with Crippen molar-refractivity contribution in [3.8, 4) is 12.1 Å². The maximum Gasteiger partial charge on any atom is 0.414 e. The number of hydrogen-bond acceptors (Lipinski definition) is 8. The number of amides is 2. The topological polar surface area (TPSA) is 121 Å². The summed E-state index contributed by atoms with van der Waals surface area (Å²) in [4.78, 5) is 26.6. The molecule has 2 N–H and O–H groups in total. The average molecular weight is 509 g/mol. The highest BCUT2D eigenvalue weighted by Gasteiger charge is 2.36. The molecule has 2 amide bonds. The number of hydrogen-bond donors (Lipinski definition) is 2. The Labute approximate surface area is 212 Å². The van der Waals surface area contributed by atoms with Crippen molar-refractivity contribution in [2.24, 2.45) is 0 Å². The number of piperidine rings is 1. The van der Waals surface area contributed by atoms with E-state index in [1.165, 1.54) is 17.9 Å². The van der Waals surface area contributed by atoms with Crippen molar-refractivity contribution in [2.75, 3.05) is 40.5 Å². The van der Waals surface area contributed by atoms with Crippen LogP contribution in [0.3, 0.4) is 0 Å². The molecule has 9 nitrogen and oxygen atoms in total. The summed E-state index contributed by atoms with van der Waals surface area (Å²) in [6.07, 6.45) is -0.00348. The Balaban J connectivity index is 1.37. The van der Waals surface area contributed by atoms with E-state index in [4.69, 9.17) is 10.00 Å². The van der Waals surface area contributed by atoms with Crippen molar-refractivity contribution in [3.63, 3.8) is 0 Å². The fourth-order valence-corrected chi connectivity index (χ4v) is 4.92. The maximum absolute atomic E-state index is 15.1. The van der Waals surface area contributed by atoms with Crippen LogP contribution in [0.2, 0.25) is 0 Å². The Bertz CT molecular complexity index is 1220. The predicted molar refractivity (Wildman–Crippen MR) is 135 cm³/mol. The summed E-state index contributed by atoms with van der Waals surface area (Å²) in [7, 11) is 0. The molecule has 1 unspecified atom stereocenters. The van der Waals surface area contributed by atoms with E-state index >= 15 is 4.39 Å². The molecule has 2 fully saturated rings. The van der Waals surface area contributed by atoms with Gasteiger partial charge >= 0.3 is 6.09 Å². The highest BCUT2D eigenvalue weighted by atomic mass is 32.2. The Morgan fingerprint density at radius 3 is 2.56 bits per heavy atom. The number of rotatable bonds is 7. The molecule has 2 aliphatic rings. The summed E-state index contributed by atoms with van der Waals surface area (Å²) >= 11 is 1.16. The fourth-order valence-electron chi connectivity index (χ4n) is 4.27. The zero-order valence-electron chi connectivity index (χ0n) is 19.7. The van der Waals surface area contributed by atoms with Gasteiger partial charge in [-0.1, -0.05) is 0 Å². The Morgan fingerprint density at radius 2 is 1.94 bits per heavy atom. The summed E-state index contributed by atoms with van der Waals surface area (Å²) in [5.41, 5.74) is 1.32. The monoisotopic (exact) mass is 508 g/mol. The molecular weight excluding hydrogens is 483 g/mol. The third-order valence-corrected chi connectivity index (χ3v) is 7.14. The average Bonchev–Trinajstić information content (AvgIpc) is 3.25. The number of benzene rings is 2. The molecule has 4 rings (SSSR count). The van der Waals surface area contributed by atoms with E-state index in [-0.39, 0.29) is 12.5 Å². The number of cyclic esters (lactones) is 1. The van der Waals surface area contributed by atoms with Crippen LogP contribution in [-0.4, -0.2) is 49.0 Å². The molecule has 2 heterocycles. The standard InChI is InChI=1S/C25H25FN6O3S/c1-17(33)30-36-15-21-14-32(24(34)35-21)20-6-7-23(22(26)12-20)31-10-8-25(16-28,9-11-31)29-19-4-2-18(13-27)3-5-19/h2-7,12,21,29H,8-11,14-15H2,1H3,(H,30,33). The minimum absolute atomic E-state index is 0.186. The van der Waals surface area contributed by atoms with Gasteiger partial charge in [-0.3, -0.25) is 9.69 Å². The zero-order valence-corrected chi connectivity index (χ0v) is 20.5. The van der Waals surface area contributed by atoms with E-state index in [0.29, 0.717) is 48.6 Å². The van der Waals surface area contributed by atoms with Crippen molar-refractivity contribution in [1.82, 2.24) is 4.72 Å². The van der Waals surface area contributed by atoms with Crippen LogP contribution in [0.15, 0.2) is 42.5 Å². The zero-order chi connectivity index (χ0) is 25.7. The Hall–Kier alpha value is -3.96. The van der Waals surface area contributed by atoms with E-state index < -0.39 is 23.6 Å². The number of anilines is 3. The van der Waals surface area contributed by atoms with Crippen LogP contribution in [-0.2, 0) is 9.53 Å². The van der Waals surface area contributed by atoms with Gasteiger partial charge in [-0.25, -0.2) is 9.18 Å². The molecule has 186 valence electrons. The first-order valence-electron chi connectivity index (χ1n) is 11.4. The van der Waals surface area contributed by atoms with Crippen LogP contribution in [0.4, 0.5) is 26.2 Å². The van der Waals surface area contributed by atoms with E-state index in [9.17, 15) is 14.9 Å². The quantitative estimate of drug-likeness (QED) is 0.542. The lowest BCUT2D eigenvalue weighted by atomic mass is 9.88. The third-order valence-electron chi connectivity index (χ3n) is 6.17. The van der Waals surface area contributed by atoms with Gasteiger partial charge in [0, 0.05) is 38.5 Å². The summed E-state index contributed by atoms with van der Waals surface area (Å²) in [6, 6.07) is 16.0. The molecule has 36 heavy (non-hydrogen) atoms. The molecule has 1 atom stereocenters. The van der Waals surface area contributed by atoms with E-state index in [2.05, 4.69) is 22.2 Å². The molecule has 0 radical (unpaired) electrons. The van der Waals surface area contributed by atoms with Crippen molar-refractivity contribution in [2.45, 2.75) is 31.4 Å². The molecule has 0 aliphatic carbocycles. The smallest absolute Gasteiger partial charge is 0.414 e. The molecule has 0 bridgehead atoms. The number of nitrogens with one attached hydrogen (secondary N) is 2. The van der Waals surface area contributed by atoms with E-state index in [1.807, 2.05) is 4.90 Å². The number of nitriles is 2. The van der Waals surface area contributed by atoms with Gasteiger partial charge in [0.25, 0.3) is 0 Å². The number of nitrogens with zero attached hydrogens (tertiary/aromatic N) is 4. The van der Waals surface area contributed by atoms with Crippen molar-refractivity contribution < 1.29 is 18.7 Å². The number of ether oxygens (including phenoxy) is 1. The van der Waals surface area contributed by atoms with E-state index in [0.717, 1.165) is 17.6 Å². The van der Waals surface area contributed by atoms with Gasteiger partial charge in [-0.05, 0) is 54.4 Å². The van der Waals surface area contributed by atoms with E-state index in [1.54, 1.807) is 36.4 Å². The highest BCUT2D eigenvalue weighted by molar-refractivity contribution is 7.97. The second-order valence-electron chi connectivity index (χ2n) is 8.72. The lowest BCUT2D eigenvalue weighted by molar-refractivity contribution is -0.117. The molecule has 0 saturated carbocycles. The van der Waals surface area contributed by atoms with Gasteiger partial charge in [-0.15, -0.1) is 0 Å². The first-order chi connectivity index (χ1) is 17.3. The van der Waals surface area contributed by atoms with Crippen LogP contribution in [0.25, 0.3) is 0 Å². The lowest BCUT2D eigenvalue weighted by Crippen LogP contribution is -2.48. The van der Waals surface area contributed by atoms with Crippen molar-refractivity contribution >= 4 is 41.0 Å². The molecule has 2 aliphatic heterocycles. The first-order valence-corrected chi connectivity index (χ1v) is 12.4. The van der Waals surface area contributed by atoms with Crippen molar-refractivity contribution in [3.05, 3.63) is 53.8 Å². The fraction of sp³-hybridized carbons (Fsp3) is 0.360. The minimum atomic E-state index is -0.787. The molecule has 11 heteroatoms. The normalized spacial score (nSPS) is 18.7. The van der Waals surface area contributed by atoms with Crippen molar-refractivity contribution in [1.29, 1.82) is 10.5 Å². The second kappa shape index (κ2) is 10.8. The molecule has 2 saturated heterocycles. The molecule has 0 spiro atoms. The highest BCUT2D eigenvalue weighted by Crippen LogP contribution is 2.33. The Kier molecular flexibility index (Phi) is 7.51. The van der Waals surface area contributed by atoms with Gasteiger partial charge in [0.05, 0.1) is 41.4 Å². The summed E-state index contributed by atoms with van der Waals surface area (Å²) in [5, 5.41) is 22.1. The number of carbonyl (C=O) groups is 2. The number of carbonyl (C=O) groups excluding carboxylic acids is 2. The van der Waals surface area contributed by atoms with Gasteiger partial charge < -0.3 is 19.7 Å². The molecule has 2 aromatic carbocycles. The summed E-state index contributed by atoms with van der Waals surface area (Å²) in [5.74, 6) is -0.248. The van der Waals surface area contributed by atoms with Gasteiger partial charge in [0.15, 0.2) is 0 Å². The first kappa shape index (κ1) is 25.1. The summed E-state index contributed by atoms with van der Waals surface area (Å²) < 4.78 is 23.0. The van der Waals surface area contributed by atoms with Crippen LogP contribution in [0, 0.1) is 28.5 Å². The maximum atomic E-state index is 15.1. The van der Waals surface area contributed by atoms with Crippen LogP contribution >= 0.6 is 11.9 Å². The van der Waals surface area contributed by atoms with Crippen LogP contribution < -0.4 is 19.8 Å². The largest absolute Gasteiger partial charge is 0.443 e. The summed E-state index contributed by atoms with van der Waals surface area (Å²) in [6.45, 7) is 2.61. The van der Waals surface area contributed by atoms with Gasteiger partial charge in [-0.2, -0.15) is 10.5 Å². The third kappa shape index (κ3) is 5.64. The van der Waals surface area contributed by atoms with Gasteiger partial charge in [0.2, 0.25) is 5.91 Å². The molecular formula is C25H25FN6O3S. The predicted octanol–water partition coefficient (Wildman–Crippen LogP) is 3.78. The second-order valence-corrected chi connectivity index (χ2v) is 9.54. The number of halogens is 1.